The van der Waals surface area contributed by atoms with E-state index in [1.807, 2.05) is 12.1 Å². The summed E-state index contributed by atoms with van der Waals surface area (Å²) in [7, 11) is 5.16. The normalized spacial score (nSPS) is 26.9. The molecule has 1 amide bonds. The van der Waals surface area contributed by atoms with Gasteiger partial charge in [-0.2, -0.15) is 10.5 Å². The smallest absolute Gasteiger partial charge is 0.259 e. The van der Waals surface area contributed by atoms with E-state index in [9.17, 15) is 15.3 Å². The fourth-order valence-electron chi connectivity index (χ4n) is 4.54. The van der Waals surface area contributed by atoms with E-state index in [-0.39, 0.29) is 0 Å². The van der Waals surface area contributed by atoms with Crippen LogP contribution < -0.4 is 5.32 Å². The van der Waals surface area contributed by atoms with Crippen LogP contribution in [-0.4, -0.2) is 45.9 Å². The minimum absolute atomic E-state index is 0.413. The molecular weight excluding hydrogens is 326 g/mol. The summed E-state index contributed by atoms with van der Waals surface area (Å²) in [6, 6.07) is 10.7. The number of benzene rings is 1. The summed E-state index contributed by atoms with van der Waals surface area (Å²) in [5.41, 5.74) is -2.96. The lowest BCUT2D eigenvalue weighted by atomic mass is 9.40. The van der Waals surface area contributed by atoms with Gasteiger partial charge in [0.1, 0.15) is 0 Å². The van der Waals surface area contributed by atoms with Gasteiger partial charge in [0.15, 0.2) is 5.41 Å². The second-order valence-corrected chi connectivity index (χ2v) is 5.77. The first-order valence-electron chi connectivity index (χ1n) is 7.43. The average molecular weight is 343 g/mol. The highest BCUT2D eigenvalue weighted by atomic mass is 16.8. The Balaban J connectivity index is 2.49. The molecule has 0 radical (unpaired) electrons. The summed E-state index contributed by atoms with van der Waals surface area (Å²) in [6.07, 6.45) is 0. The van der Waals surface area contributed by atoms with Crippen molar-refractivity contribution in [1.82, 2.24) is 0 Å². The third kappa shape index (κ3) is 1.33. The van der Waals surface area contributed by atoms with Gasteiger partial charge >= 0.3 is 0 Å². The molecule has 2 aliphatic rings. The van der Waals surface area contributed by atoms with E-state index in [2.05, 4.69) is 5.32 Å². The number of nitrogens with one attached hydrogen (secondary N) is 1. The van der Waals surface area contributed by atoms with Gasteiger partial charge < -0.3 is 24.3 Å². The lowest BCUT2D eigenvalue weighted by molar-refractivity contribution is -0.496. The van der Waals surface area contributed by atoms with Crippen molar-refractivity contribution in [3.8, 4) is 12.1 Å². The van der Waals surface area contributed by atoms with Gasteiger partial charge in [-0.05, 0) is 11.6 Å². The fourth-order valence-corrected chi connectivity index (χ4v) is 4.54. The Morgan fingerprint density at radius 1 is 0.920 bits per heavy atom. The molecule has 0 bridgehead atoms. The third-order valence-corrected chi connectivity index (χ3v) is 5.39. The number of hydrogen-bond donors (Lipinski definition) is 1. The van der Waals surface area contributed by atoms with Crippen LogP contribution in [0.4, 0.5) is 5.69 Å². The van der Waals surface area contributed by atoms with E-state index in [0.29, 0.717) is 11.3 Å². The average Bonchev–Trinajstić information content (AvgIpc) is 2.95. The number of carbonyl (C=O) groups excluding carboxylic acids is 1. The first-order valence-corrected chi connectivity index (χ1v) is 7.43. The van der Waals surface area contributed by atoms with Crippen molar-refractivity contribution >= 4 is 11.6 Å². The zero-order chi connectivity index (χ0) is 18.5. The van der Waals surface area contributed by atoms with Crippen molar-refractivity contribution in [2.45, 2.75) is 17.0 Å². The van der Waals surface area contributed by atoms with E-state index in [1.54, 1.807) is 24.3 Å². The van der Waals surface area contributed by atoms with Crippen molar-refractivity contribution < 1.29 is 23.7 Å². The summed E-state index contributed by atoms with van der Waals surface area (Å²) in [4.78, 5) is 13.1. The highest BCUT2D eigenvalue weighted by Gasteiger charge is 2.98. The van der Waals surface area contributed by atoms with Crippen LogP contribution in [0.15, 0.2) is 24.3 Å². The fraction of sp³-hybridized carbons (Fsp3) is 0.471. The van der Waals surface area contributed by atoms with Crippen molar-refractivity contribution in [3.63, 3.8) is 0 Å². The molecule has 8 heteroatoms. The number of hydrogen-bond acceptors (Lipinski definition) is 7. The number of ether oxygens (including phenoxy) is 4. The van der Waals surface area contributed by atoms with E-state index in [1.165, 1.54) is 28.4 Å². The number of fused-ring (bicyclic) bond motifs is 2. The lowest BCUT2D eigenvalue weighted by Gasteiger charge is -2.69. The summed E-state index contributed by atoms with van der Waals surface area (Å²) in [5, 5.41) is 22.7. The molecule has 1 heterocycles. The Morgan fingerprint density at radius 3 is 1.92 bits per heavy atom. The summed E-state index contributed by atoms with van der Waals surface area (Å²) >= 11 is 0. The first-order chi connectivity index (χ1) is 12.0. The minimum Gasteiger partial charge on any atom is -0.347 e. The molecule has 0 aromatic heterocycles. The molecule has 1 aromatic carbocycles. The Labute approximate surface area is 144 Å². The molecule has 0 saturated heterocycles. The minimum atomic E-state index is -2.05. The summed E-state index contributed by atoms with van der Waals surface area (Å²) in [6.45, 7) is 0. The Hall–Kier alpha value is -2.49. The molecule has 1 N–H and O–H groups in total. The van der Waals surface area contributed by atoms with E-state index < -0.39 is 28.3 Å². The van der Waals surface area contributed by atoms with Gasteiger partial charge in [-0.1, -0.05) is 18.2 Å². The maximum absolute atomic E-state index is 13.1. The van der Waals surface area contributed by atoms with Crippen LogP contribution >= 0.6 is 0 Å². The number of para-hydroxylation sites is 1. The Morgan fingerprint density at radius 2 is 1.44 bits per heavy atom. The number of amides is 1. The van der Waals surface area contributed by atoms with E-state index in [0.717, 1.165) is 0 Å². The van der Waals surface area contributed by atoms with Gasteiger partial charge in [-0.25, -0.2) is 0 Å². The highest BCUT2D eigenvalue weighted by molar-refractivity contribution is 6.10. The summed E-state index contributed by atoms with van der Waals surface area (Å²) < 4.78 is 22.2. The number of nitriles is 2. The van der Waals surface area contributed by atoms with Crippen molar-refractivity contribution in [3.05, 3.63) is 29.8 Å². The van der Waals surface area contributed by atoms with Crippen LogP contribution in [0.25, 0.3) is 0 Å². The maximum atomic E-state index is 13.1. The van der Waals surface area contributed by atoms with Gasteiger partial charge in [0, 0.05) is 34.1 Å². The molecule has 3 rings (SSSR count). The highest BCUT2D eigenvalue weighted by Crippen LogP contribution is 2.74. The van der Waals surface area contributed by atoms with Gasteiger partial charge in [-0.15, -0.1) is 0 Å². The Kier molecular flexibility index (Phi) is 3.64. The van der Waals surface area contributed by atoms with Crippen LogP contribution in [0.5, 0.6) is 0 Å². The maximum Gasteiger partial charge on any atom is 0.259 e. The van der Waals surface area contributed by atoms with E-state index in [4.69, 9.17) is 18.9 Å². The number of nitrogens with zero attached hydrogens (tertiary/aromatic N) is 2. The SMILES string of the molecule is COC1(OC)C(C#N)(C#N)[C@]2(C(=O)Nc3ccccc32)C1(OC)OC. The predicted octanol–water partition coefficient (Wildman–Crippen LogP) is 0.902. The molecule has 1 saturated carbocycles. The molecule has 1 aromatic rings. The molecule has 130 valence electrons. The zero-order valence-corrected chi connectivity index (χ0v) is 14.2. The predicted molar refractivity (Wildman–Crippen MR) is 83.9 cm³/mol. The van der Waals surface area contributed by atoms with Gasteiger partial charge in [0.25, 0.3) is 5.79 Å². The molecule has 25 heavy (non-hydrogen) atoms. The topological polar surface area (TPSA) is 114 Å². The molecule has 1 spiro atoms. The molecule has 1 aliphatic heterocycles. The van der Waals surface area contributed by atoms with Gasteiger partial charge in [0.05, 0.1) is 12.1 Å². The summed E-state index contributed by atoms with van der Waals surface area (Å²) in [5.74, 6) is -4.39. The van der Waals surface area contributed by atoms with Gasteiger partial charge in [-0.3, -0.25) is 4.79 Å². The second kappa shape index (κ2) is 5.25. The third-order valence-electron chi connectivity index (χ3n) is 5.39. The zero-order valence-electron chi connectivity index (χ0n) is 14.2. The molecule has 8 nitrogen and oxygen atoms in total. The van der Waals surface area contributed by atoms with Crippen LogP contribution in [-0.2, 0) is 29.2 Å². The number of carbonyl (C=O) groups is 1. The second-order valence-electron chi connectivity index (χ2n) is 5.77. The number of rotatable bonds is 4. The van der Waals surface area contributed by atoms with E-state index >= 15 is 0 Å². The standard InChI is InChI=1S/C17H17N3O5/c1-22-16(23-2)14(9-18,10-19)15(17(16,24-3)25-4)11-7-5-6-8-12(11)20-13(15)21/h5-8H,1-4H3,(H,20,21)/t15-/m0/s1. The quantitative estimate of drug-likeness (QED) is 0.808. The number of anilines is 1. The first kappa shape index (κ1) is 17.3. The molecule has 1 fully saturated rings. The van der Waals surface area contributed by atoms with Crippen molar-refractivity contribution in [1.29, 1.82) is 10.5 Å². The van der Waals surface area contributed by atoms with Gasteiger partial charge in [0.2, 0.25) is 17.1 Å². The molecule has 1 atom stereocenters. The van der Waals surface area contributed by atoms with Crippen LogP contribution in [0.2, 0.25) is 0 Å². The van der Waals surface area contributed by atoms with Crippen LogP contribution in [0.3, 0.4) is 0 Å². The number of methoxy groups -OCH3 is 4. The largest absolute Gasteiger partial charge is 0.347 e. The lowest BCUT2D eigenvalue weighted by Crippen LogP contribution is -2.92. The molecule has 0 unspecified atom stereocenters. The van der Waals surface area contributed by atoms with Crippen LogP contribution in [0.1, 0.15) is 5.56 Å². The molecular formula is C17H17N3O5. The van der Waals surface area contributed by atoms with Crippen molar-refractivity contribution in [2.75, 3.05) is 33.8 Å². The molecule has 1 aliphatic carbocycles. The Bertz CT molecular complexity index is 802. The monoisotopic (exact) mass is 343 g/mol. The van der Waals surface area contributed by atoms with Crippen molar-refractivity contribution in [2.24, 2.45) is 5.41 Å². The van der Waals surface area contributed by atoms with Crippen LogP contribution in [0, 0.1) is 28.1 Å².